The van der Waals surface area contributed by atoms with Crippen molar-refractivity contribution in [2.45, 2.75) is 82.1 Å². The Morgan fingerprint density at radius 2 is 1.59 bits per heavy atom. The quantitative estimate of drug-likeness (QED) is 0.172. The number of hydrogen-bond donors (Lipinski definition) is 4. The topological polar surface area (TPSA) is 103 Å². The molecule has 1 atom stereocenters. The largest absolute Gasteiger partial charge is 0.352 e. The highest BCUT2D eigenvalue weighted by Crippen LogP contribution is 2.37. The maximum atomic E-state index is 13.3. The van der Waals surface area contributed by atoms with Gasteiger partial charge < -0.3 is 15.6 Å². The molecule has 0 spiro atoms. The van der Waals surface area contributed by atoms with Crippen LogP contribution in [0.4, 0.5) is 5.69 Å². The predicted octanol–water partition coefficient (Wildman–Crippen LogP) is 6.74. The van der Waals surface area contributed by atoms with E-state index in [1.165, 1.54) is 38.2 Å². The Bertz CT molecular complexity index is 1350. The number of amides is 1. The van der Waals surface area contributed by atoms with Gasteiger partial charge in [0, 0.05) is 27.4 Å². The molecule has 0 aliphatic carbocycles. The average molecular weight is 568 g/mol. The highest BCUT2D eigenvalue weighted by atomic mass is 35.5. The van der Waals surface area contributed by atoms with E-state index in [0.29, 0.717) is 44.1 Å². The number of fused-ring (bicyclic) bond motifs is 3. The van der Waals surface area contributed by atoms with E-state index in [1.807, 2.05) is 0 Å². The molecule has 0 bridgehead atoms. The van der Waals surface area contributed by atoms with Gasteiger partial charge in [-0.05, 0) is 50.1 Å². The molecule has 37 heavy (non-hydrogen) atoms. The van der Waals surface area contributed by atoms with Gasteiger partial charge in [-0.3, -0.25) is 4.79 Å². The van der Waals surface area contributed by atoms with Crippen LogP contribution >= 0.6 is 23.2 Å². The first kappa shape index (κ1) is 28.2. The van der Waals surface area contributed by atoms with Gasteiger partial charge in [0.25, 0.3) is 0 Å². The molecule has 1 aliphatic heterocycles. The van der Waals surface area contributed by atoms with Crippen LogP contribution < -0.4 is 15.4 Å². The summed E-state index contributed by atoms with van der Waals surface area (Å²) < 4.78 is 29.3. The van der Waals surface area contributed by atoms with Crippen molar-refractivity contribution in [3.05, 3.63) is 34.3 Å². The molecule has 2 heterocycles. The summed E-state index contributed by atoms with van der Waals surface area (Å²) in [6.07, 6.45) is 10.8. The number of anilines is 1. The number of carbonyl (C=O) groups excluding carboxylic acids is 1. The standard InChI is InChI=1S/C27H36Cl2N4O3S/c1-2-3-4-5-6-7-8-9-13-31-37(35,36)24-17-19(29)15-21-20-14-18(28)16-23(25(20)33-26(21)24)32-27(34)22-11-10-12-30-22/h14-17,22,30-31,33H,2-13H2,1H3,(H,32,34)/t22-/m0/s1. The molecular weight excluding hydrogens is 531 g/mol. The van der Waals surface area contributed by atoms with Crippen LogP contribution in [0.25, 0.3) is 21.8 Å². The van der Waals surface area contributed by atoms with E-state index in [0.717, 1.165) is 38.6 Å². The molecule has 4 rings (SSSR count). The molecule has 0 radical (unpaired) electrons. The Balaban J connectivity index is 1.54. The lowest BCUT2D eigenvalue weighted by Gasteiger charge is -2.12. The first-order chi connectivity index (χ1) is 17.8. The molecule has 1 aliphatic rings. The van der Waals surface area contributed by atoms with E-state index >= 15 is 0 Å². The molecule has 7 nitrogen and oxygen atoms in total. The lowest BCUT2D eigenvalue weighted by molar-refractivity contribution is -0.117. The summed E-state index contributed by atoms with van der Waals surface area (Å²) in [5.74, 6) is -0.141. The number of benzene rings is 2. The Morgan fingerprint density at radius 3 is 2.27 bits per heavy atom. The third-order valence-corrected chi connectivity index (χ3v) is 8.88. The maximum absolute atomic E-state index is 13.3. The number of sulfonamides is 1. The lowest BCUT2D eigenvalue weighted by atomic mass is 10.1. The highest BCUT2D eigenvalue weighted by Gasteiger charge is 2.25. The van der Waals surface area contributed by atoms with E-state index in [4.69, 9.17) is 23.2 Å². The normalized spacial score (nSPS) is 16.1. The van der Waals surface area contributed by atoms with E-state index in [2.05, 4.69) is 27.3 Å². The van der Waals surface area contributed by atoms with Crippen LogP contribution in [0.3, 0.4) is 0 Å². The molecule has 0 saturated carbocycles. The second kappa shape index (κ2) is 12.8. The highest BCUT2D eigenvalue weighted by molar-refractivity contribution is 7.89. The number of hydrogen-bond acceptors (Lipinski definition) is 4. The third-order valence-electron chi connectivity index (χ3n) is 6.96. The summed E-state index contributed by atoms with van der Waals surface area (Å²) in [7, 11) is -3.82. The van der Waals surface area contributed by atoms with Crippen LogP contribution in [-0.2, 0) is 14.8 Å². The first-order valence-corrected chi connectivity index (χ1v) is 15.5. The van der Waals surface area contributed by atoms with Gasteiger partial charge >= 0.3 is 0 Å². The molecule has 10 heteroatoms. The maximum Gasteiger partial charge on any atom is 0.242 e. The van der Waals surface area contributed by atoms with E-state index in [1.54, 1.807) is 18.2 Å². The molecule has 1 aromatic heterocycles. The second-order valence-electron chi connectivity index (χ2n) is 9.84. The molecule has 0 unspecified atom stereocenters. The third kappa shape index (κ3) is 6.98. The molecule has 3 aromatic rings. The number of rotatable bonds is 13. The number of unbranched alkanes of at least 4 members (excludes halogenated alkanes) is 7. The van der Waals surface area contributed by atoms with E-state index in [-0.39, 0.29) is 16.8 Å². The predicted molar refractivity (Wildman–Crippen MR) is 153 cm³/mol. The lowest BCUT2D eigenvalue weighted by Crippen LogP contribution is -2.35. The molecular formula is C27H36Cl2N4O3S. The van der Waals surface area contributed by atoms with Gasteiger partial charge in [-0.15, -0.1) is 0 Å². The first-order valence-electron chi connectivity index (χ1n) is 13.3. The van der Waals surface area contributed by atoms with E-state index in [9.17, 15) is 13.2 Å². The molecule has 202 valence electrons. The molecule has 4 N–H and O–H groups in total. The van der Waals surface area contributed by atoms with Gasteiger partial charge in [-0.1, -0.05) is 75.1 Å². The number of carbonyl (C=O) groups is 1. The van der Waals surface area contributed by atoms with Gasteiger partial charge in [-0.2, -0.15) is 0 Å². The average Bonchev–Trinajstić information content (AvgIpc) is 3.51. The van der Waals surface area contributed by atoms with Crippen molar-refractivity contribution in [2.24, 2.45) is 0 Å². The van der Waals surface area contributed by atoms with Gasteiger partial charge in [0.05, 0.1) is 22.8 Å². The van der Waals surface area contributed by atoms with Crippen LogP contribution in [0.2, 0.25) is 10.0 Å². The van der Waals surface area contributed by atoms with Crippen LogP contribution in [0.1, 0.15) is 71.1 Å². The van der Waals surface area contributed by atoms with Crippen LogP contribution in [0.15, 0.2) is 29.2 Å². The minimum atomic E-state index is -3.82. The zero-order valence-corrected chi connectivity index (χ0v) is 23.6. The SMILES string of the molecule is CCCCCCCCCCNS(=O)(=O)c1cc(Cl)cc2c1[nH]c1c(NC(=O)[C@@H]3CCCN3)cc(Cl)cc12. The van der Waals surface area contributed by atoms with Crippen LogP contribution in [0.5, 0.6) is 0 Å². The summed E-state index contributed by atoms with van der Waals surface area (Å²) in [4.78, 5) is 16.1. The Morgan fingerprint density at radius 1 is 0.946 bits per heavy atom. The van der Waals surface area contributed by atoms with Gasteiger partial charge in [0.2, 0.25) is 15.9 Å². The van der Waals surface area contributed by atoms with Crippen molar-refractivity contribution in [1.29, 1.82) is 0 Å². The zero-order valence-electron chi connectivity index (χ0n) is 21.3. The van der Waals surface area contributed by atoms with Gasteiger partial charge in [0.1, 0.15) is 4.90 Å². The van der Waals surface area contributed by atoms with Crippen molar-refractivity contribution in [3.8, 4) is 0 Å². The summed E-state index contributed by atoms with van der Waals surface area (Å²) in [5, 5.41) is 8.20. The molecule has 1 saturated heterocycles. The summed E-state index contributed by atoms with van der Waals surface area (Å²) >= 11 is 12.8. The molecule has 1 fully saturated rings. The fourth-order valence-electron chi connectivity index (χ4n) is 4.98. The number of nitrogens with one attached hydrogen (secondary N) is 4. The monoisotopic (exact) mass is 566 g/mol. The summed E-state index contributed by atoms with van der Waals surface area (Å²) in [5.41, 5.74) is 1.54. The van der Waals surface area contributed by atoms with Gasteiger partial charge in [-0.25, -0.2) is 13.1 Å². The van der Waals surface area contributed by atoms with Gasteiger partial charge in [0.15, 0.2) is 0 Å². The minimum Gasteiger partial charge on any atom is -0.352 e. The number of H-pyrrole nitrogens is 1. The van der Waals surface area contributed by atoms with Crippen molar-refractivity contribution < 1.29 is 13.2 Å². The number of halogens is 2. The molecule has 2 aromatic carbocycles. The summed E-state index contributed by atoms with van der Waals surface area (Å²) in [6.45, 7) is 3.38. The number of aromatic amines is 1. The molecule has 1 amide bonds. The summed E-state index contributed by atoms with van der Waals surface area (Å²) in [6, 6.07) is 6.33. The fourth-order valence-corrected chi connectivity index (χ4v) is 6.77. The number of aromatic nitrogens is 1. The van der Waals surface area contributed by atoms with Crippen molar-refractivity contribution >= 4 is 66.6 Å². The van der Waals surface area contributed by atoms with Crippen molar-refractivity contribution in [2.75, 3.05) is 18.4 Å². The van der Waals surface area contributed by atoms with Crippen LogP contribution in [-0.4, -0.2) is 38.4 Å². The Labute approximate surface area is 229 Å². The Kier molecular flexibility index (Phi) is 9.75. The smallest absolute Gasteiger partial charge is 0.242 e. The zero-order chi connectivity index (χ0) is 26.4. The van der Waals surface area contributed by atoms with Crippen molar-refractivity contribution in [3.63, 3.8) is 0 Å². The Hall–Kier alpha value is -1.84. The van der Waals surface area contributed by atoms with E-state index < -0.39 is 10.0 Å². The minimum absolute atomic E-state index is 0.0802. The van der Waals surface area contributed by atoms with Crippen molar-refractivity contribution in [1.82, 2.24) is 15.0 Å². The fraction of sp³-hybridized carbons (Fsp3) is 0.519. The second-order valence-corrected chi connectivity index (χ2v) is 12.4. The van der Waals surface area contributed by atoms with Crippen LogP contribution in [0, 0.1) is 0 Å².